The monoisotopic (exact) mass is 293 g/mol. The summed E-state index contributed by atoms with van der Waals surface area (Å²) < 4.78 is 18.9. The van der Waals surface area contributed by atoms with Crippen molar-refractivity contribution in [3.8, 4) is 5.75 Å². The molecule has 0 bridgehead atoms. The molecule has 3 rings (SSSR count). The third-order valence-corrected chi connectivity index (χ3v) is 3.67. The fraction of sp³-hybridized carbons (Fsp3) is 0.105. The van der Waals surface area contributed by atoms with Gasteiger partial charge in [0.2, 0.25) is 0 Å². The minimum absolute atomic E-state index is 0.229. The maximum absolute atomic E-state index is 13.9. The Morgan fingerprint density at radius 1 is 1.14 bits per heavy atom. The number of aromatic nitrogens is 1. The van der Waals surface area contributed by atoms with E-state index in [9.17, 15) is 4.39 Å². The number of pyridine rings is 1. The van der Waals surface area contributed by atoms with Gasteiger partial charge >= 0.3 is 0 Å². The van der Waals surface area contributed by atoms with Crippen LogP contribution in [0.4, 0.5) is 4.39 Å². The standard InChI is InChI=1S/C19H16FNO/c1-12-10-16(15-6-4-5-7-18(15)21-12)13(2)14-8-9-19(22-3)17(20)11-14/h4-11H,2H2,1,3H3. The molecule has 0 unspecified atom stereocenters. The van der Waals surface area contributed by atoms with Gasteiger partial charge in [-0.05, 0) is 47.9 Å². The van der Waals surface area contributed by atoms with E-state index in [1.54, 1.807) is 6.07 Å². The molecule has 110 valence electrons. The molecule has 0 radical (unpaired) electrons. The van der Waals surface area contributed by atoms with Crippen LogP contribution in [0.3, 0.4) is 0 Å². The number of benzene rings is 2. The number of aryl methyl sites for hydroxylation is 1. The molecule has 0 aliphatic heterocycles. The maximum Gasteiger partial charge on any atom is 0.165 e. The molecule has 1 heterocycles. The summed E-state index contributed by atoms with van der Waals surface area (Å²) in [5.41, 5.74) is 4.28. The van der Waals surface area contributed by atoms with Crippen LogP contribution in [0.5, 0.6) is 5.75 Å². The van der Waals surface area contributed by atoms with Crippen LogP contribution in [0.1, 0.15) is 16.8 Å². The van der Waals surface area contributed by atoms with E-state index in [-0.39, 0.29) is 5.75 Å². The van der Waals surface area contributed by atoms with E-state index in [1.165, 1.54) is 13.2 Å². The van der Waals surface area contributed by atoms with Crippen molar-refractivity contribution in [2.24, 2.45) is 0 Å². The molecular formula is C19H16FNO. The molecule has 2 nitrogen and oxygen atoms in total. The van der Waals surface area contributed by atoms with Crippen LogP contribution in [0.2, 0.25) is 0 Å². The zero-order chi connectivity index (χ0) is 15.7. The van der Waals surface area contributed by atoms with Gasteiger partial charge in [0, 0.05) is 11.1 Å². The zero-order valence-corrected chi connectivity index (χ0v) is 12.6. The quantitative estimate of drug-likeness (QED) is 0.695. The molecule has 3 aromatic rings. The number of rotatable bonds is 3. The molecule has 3 heteroatoms. The summed E-state index contributed by atoms with van der Waals surface area (Å²) in [6, 6.07) is 14.7. The molecule has 1 aromatic heterocycles. The normalized spacial score (nSPS) is 10.7. The third-order valence-electron chi connectivity index (χ3n) is 3.67. The second kappa shape index (κ2) is 5.60. The molecule has 0 aliphatic rings. The molecule has 2 aromatic carbocycles. The van der Waals surface area contributed by atoms with Crippen LogP contribution >= 0.6 is 0 Å². The highest BCUT2D eigenvalue weighted by atomic mass is 19.1. The van der Waals surface area contributed by atoms with E-state index >= 15 is 0 Å². The highest BCUT2D eigenvalue weighted by Gasteiger charge is 2.11. The summed E-state index contributed by atoms with van der Waals surface area (Å²) in [4.78, 5) is 4.52. The van der Waals surface area contributed by atoms with Crippen molar-refractivity contribution in [1.29, 1.82) is 0 Å². The molecular weight excluding hydrogens is 277 g/mol. The van der Waals surface area contributed by atoms with Gasteiger partial charge in [-0.1, -0.05) is 30.8 Å². The van der Waals surface area contributed by atoms with E-state index in [0.29, 0.717) is 0 Å². The van der Waals surface area contributed by atoms with Gasteiger partial charge in [-0.3, -0.25) is 4.98 Å². The Kier molecular flexibility index (Phi) is 3.63. The summed E-state index contributed by atoms with van der Waals surface area (Å²) in [6.07, 6.45) is 0. The lowest BCUT2D eigenvalue weighted by Crippen LogP contribution is -1.95. The van der Waals surface area contributed by atoms with Gasteiger partial charge in [0.25, 0.3) is 0 Å². The minimum Gasteiger partial charge on any atom is -0.494 e. The Morgan fingerprint density at radius 3 is 2.64 bits per heavy atom. The second-order valence-corrected chi connectivity index (χ2v) is 5.16. The Morgan fingerprint density at radius 2 is 1.91 bits per heavy atom. The van der Waals surface area contributed by atoms with Crippen LogP contribution in [0, 0.1) is 12.7 Å². The molecule has 0 N–H and O–H groups in total. The van der Waals surface area contributed by atoms with Gasteiger partial charge in [0.15, 0.2) is 11.6 Å². The number of hydrogen-bond donors (Lipinski definition) is 0. The smallest absolute Gasteiger partial charge is 0.165 e. The SMILES string of the molecule is C=C(c1ccc(OC)c(F)c1)c1cc(C)nc2ccccc12. The lowest BCUT2D eigenvalue weighted by molar-refractivity contribution is 0.386. The summed E-state index contributed by atoms with van der Waals surface area (Å²) >= 11 is 0. The Balaban J connectivity index is 2.15. The molecule has 0 aliphatic carbocycles. The Bertz CT molecular complexity index is 870. The number of fused-ring (bicyclic) bond motifs is 1. The van der Waals surface area contributed by atoms with Crippen molar-refractivity contribution in [3.05, 3.63) is 77.7 Å². The molecule has 0 spiro atoms. The summed E-state index contributed by atoms with van der Waals surface area (Å²) in [5.74, 6) is -0.163. The first-order chi connectivity index (χ1) is 10.6. The minimum atomic E-state index is -0.392. The number of methoxy groups -OCH3 is 1. The molecule has 0 atom stereocenters. The van der Waals surface area contributed by atoms with Gasteiger partial charge in [-0.2, -0.15) is 0 Å². The number of para-hydroxylation sites is 1. The van der Waals surface area contributed by atoms with Crippen LogP contribution < -0.4 is 4.74 Å². The Labute approximate surface area is 128 Å². The van der Waals surface area contributed by atoms with E-state index in [0.717, 1.165) is 33.3 Å². The predicted molar refractivity (Wildman–Crippen MR) is 87.6 cm³/mol. The highest BCUT2D eigenvalue weighted by molar-refractivity contribution is 5.95. The average molecular weight is 293 g/mol. The van der Waals surface area contributed by atoms with Crippen LogP contribution in [0.25, 0.3) is 16.5 Å². The number of hydrogen-bond acceptors (Lipinski definition) is 2. The van der Waals surface area contributed by atoms with Crippen molar-refractivity contribution in [3.63, 3.8) is 0 Å². The fourth-order valence-corrected chi connectivity index (χ4v) is 2.57. The first kappa shape index (κ1) is 14.3. The lowest BCUT2D eigenvalue weighted by Gasteiger charge is -2.12. The molecule has 0 saturated heterocycles. The van der Waals surface area contributed by atoms with Gasteiger partial charge in [0.05, 0.1) is 12.6 Å². The van der Waals surface area contributed by atoms with E-state index in [2.05, 4.69) is 11.6 Å². The van der Waals surface area contributed by atoms with Gasteiger partial charge in [-0.25, -0.2) is 4.39 Å². The first-order valence-electron chi connectivity index (χ1n) is 6.99. The molecule has 0 saturated carbocycles. The number of nitrogens with zero attached hydrogens (tertiary/aromatic N) is 1. The highest BCUT2D eigenvalue weighted by Crippen LogP contribution is 2.30. The lowest BCUT2D eigenvalue weighted by atomic mass is 9.95. The molecule has 0 fully saturated rings. The first-order valence-corrected chi connectivity index (χ1v) is 6.99. The summed E-state index contributed by atoms with van der Waals surface area (Å²) in [5, 5.41) is 1.01. The Hall–Kier alpha value is -2.68. The number of halogens is 1. The van der Waals surface area contributed by atoms with Crippen LogP contribution in [-0.2, 0) is 0 Å². The average Bonchev–Trinajstić information content (AvgIpc) is 2.53. The van der Waals surface area contributed by atoms with E-state index < -0.39 is 5.82 Å². The van der Waals surface area contributed by atoms with Gasteiger partial charge in [0.1, 0.15) is 0 Å². The second-order valence-electron chi connectivity index (χ2n) is 5.16. The van der Waals surface area contributed by atoms with Crippen molar-refractivity contribution in [1.82, 2.24) is 4.98 Å². The zero-order valence-electron chi connectivity index (χ0n) is 12.6. The largest absolute Gasteiger partial charge is 0.494 e. The topological polar surface area (TPSA) is 22.1 Å². The van der Waals surface area contributed by atoms with Gasteiger partial charge < -0.3 is 4.74 Å². The van der Waals surface area contributed by atoms with E-state index in [4.69, 9.17) is 4.74 Å². The number of ether oxygens (including phenoxy) is 1. The van der Waals surface area contributed by atoms with Crippen LogP contribution in [0.15, 0.2) is 55.1 Å². The third kappa shape index (κ3) is 2.46. The van der Waals surface area contributed by atoms with Crippen LogP contribution in [-0.4, -0.2) is 12.1 Å². The summed E-state index contributed by atoms with van der Waals surface area (Å²) in [7, 11) is 1.45. The van der Waals surface area contributed by atoms with Crippen molar-refractivity contribution < 1.29 is 9.13 Å². The molecule has 22 heavy (non-hydrogen) atoms. The van der Waals surface area contributed by atoms with Crippen molar-refractivity contribution in [2.45, 2.75) is 6.92 Å². The van der Waals surface area contributed by atoms with E-state index in [1.807, 2.05) is 43.3 Å². The predicted octanol–water partition coefficient (Wildman–Crippen LogP) is 4.75. The molecule has 0 amide bonds. The fourth-order valence-electron chi connectivity index (χ4n) is 2.57. The summed E-state index contributed by atoms with van der Waals surface area (Å²) in [6.45, 7) is 6.09. The van der Waals surface area contributed by atoms with Crippen molar-refractivity contribution in [2.75, 3.05) is 7.11 Å². The maximum atomic E-state index is 13.9. The van der Waals surface area contributed by atoms with Crippen molar-refractivity contribution >= 4 is 16.5 Å². The van der Waals surface area contributed by atoms with Gasteiger partial charge in [-0.15, -0.1) is 0 Å².